The summed E-state index contributed by atoms with van der Waals surface area (Å²) in [5, 5.41) is 7.00. The SMILES string of the molecule is CCCCCC.CO.[B+3].[F-].[F-].[F-]. The molecule has 0 aliphatic heterocycles. The second-order valence-electron chi connectivity index (χ2n) is 1.71. The summed E-state index contributed by atoms with van der Waals surface area (Å²) in [6.45, 7) is 4.46. The van der Waals surface area contributed by atoms with E-state index in [-0.39, 0.29) is 22.5 Å². The molecule has 0 heterocycles. The van der Waals surface area contributed by atoms with Gasteiger partial charge in [-0.1, -0.05) is 39.5 Å². The Labute approximate surface area is 75.2 Å². The number of aliphatic hydroxyl groups excluding tert-OH is 1. The largest absolute Gasteiger partial charge is 3.00 e. The Hall–Kier alpha value is -0.185. The normalized spacial score (nSPS) is 5.00. The minimum Gasteiger partial charge on any atom is -1.00 e. The fourth-order valence-corrected chi connectivity index (χ4v) is 0.500. The van der Waals surface area contributed by atoms with Crippen LogP contribution in [0.5, 0.6) is 0 Å². The van der Waals surface area contributed by atoms with E-state index in [2.05, 4.69) is 13.8 Å². The van der Waals surface area contributed by atoms with E-state index in [1.54, 1.807) is 0 Å². The molecule has 0 aliphatic carbocycles. The van der Waals surface area contributed by atoms with E-state index >= 15 is 0 Å². The van der Waals surface area contributed by atoms with Crippen molar-refractivity contribution in [2.75, 3.05) is 7.11 Å². The number of unbranched alkanes of at least 4 members (excludes halogenated alkanes) is 3. The van der Waals surface area contributed by atoms with Gasteiger partial charge >= 0.3 is 8.41 Å². The summed E-state index contributed by atoms with van der Waals surface area (Å²) in [5.41, 5.74) is 0. The molecule has 1 N–H and O–H groups in total. The maximum absolute atomic E-state index is 7.00. The van der Waals surface area contributed by atoms with Crippen LogP contribution >= 0.6 is 0 Å². The van der Waals surface area contributed by atoms with E-state index in [4.69, 9.17) is 5.11 Å². The average Bonchev–Trinajstić information content (AvgIpc) is 1.88. The molecule has 0 atom stereocenters. The Balaban J connectivity index is -0.0000000140. The maximum Gasteiger partial charge on any atom is 3.00 e. The van der Waals surface area contributed by atoms with Crippen molar-refractivity contribution in [3.63, 3.8) is 0 Å². The molecule has 0 rings (SSSR count). The van der Waals surface area contributed by atoms with Gasteiger partial charge in [0.2, 0.25) is 0 Å². The minimum absolute atomic E-state index is 0. The van der Waals surface area contributed by atoms with Crippen LogP contribution in [0, 0.1) is 0 Å². The molecule has 0 radical (unpaired) electrons. The van der Waals surface area contributed by atoms with Crippen LogP contribution in [0.15, 0.2) is 0 Å². The Kier molecular flexibility index (Phi) is 244. The monoisotopic (exact) mass is 186 g/mol. The summed E-state index contributed by atoms with van der Waals surface area (Å²) >= 11 is 0. The molecule has 0 bridgehead atoms. The van der Waals surface area contributed by atoms with E-state index in [0.717, 1.165) is 7.11 Å². The number of hydrogen-bond acceptors (Lipinski definition) is 1. The Morgan fingerprint density at radius 2 is 0.917 bits per heavy atom. The Morgan fingerprint density at radius 3 is 1.00 bits per heavy atom. The third kappa shape index (κ3) is 96.2. The second kappa shape index (κ2) is 71.6. The van der Waals surface area contributed by atoms with Crippen LogP contribution < -0.4 is 14.1 Å². The van der Waals surface area contributed by atoms with Crippen LogP contribution in [0.4, 0.5) is 0 Å². The van der Waals surface area contributed by atoms with Crippen molar-refractivity contribution in [1.29, 1.82) is 0 Å². The maximum atomic E-state index is 7.00. The summed E-state index contributed by atoms with van der Waals surface area (Å²) in [6.07, 6.45) is 5.54. The quantitative estimate of drug-likeness (QED) is 0.343. The molecular weight excluding hydrogens is 168 g/mol. The zero-order chi connectivity index (χ0) is 6.83. The predicted octanol–water partition coefficient (Wildman–Crippen LogP) is -7.17. The average molecular weight is 186 g/mol. The van der Waals surface area contributed by atoms with Crippen molar-refractivity contribution in [2.45, 2.75) is 39.5 Å². The molecule has 0 aliphatic rings. The van der Waals surface area contributed by atoms with Gasteiger partial charge in [-0.2, -0.15) is 0 Å². The number of hydrogen-bond donors (Lipinski definition) is 1. The van der Waals surface area contributed by atoms with Crippen molar-refractivity contribution in [3.8, 4) is 0 Å². The van der Waals surface area contributed by atoms with E-state index < -0.39 is 0 Å². The van der Waals surface area contributed by atoms with Gasteiger partial charge in [0.25, 0.3) is 0 Å². The van der Waals surface area contributed by atoms with Crippen LogP contribution in [0.1, 0.15) is 39.5 Å². The first kappa shape index (κ1) is 40.9. The smallest absolute Gasteiger partial charge is 1.00 e. The molecule has 0 aromatic heterocycles. The number of rotatable bonds is 3. The van der Waals surface area contributed by atoms with Crippen molar-refractivity contribution in [2.24, 2.45) is 0 Å². The molecule has 0 fully saturated rings. The van der Waals surface area contributed by atoms with Crippen LogP contribution in [-0.2, 0) is 0 Å². The van der Waals surface area contributed by atoms with Gasteiger partial charge in [0.05, 0.1) is 0 Å². The summed E-state index contributed by atoms with van der Waals surface area (Å²) < 4.78 is 0. The first-order valence-corrected chi connectivity index (χ1v) is 3.36. The molecule has 0 unspecified atom stereocenters. The van der Waals surface area contributed by atoms with Gasteiger partial charge < -0.3 is 19.2 Å². The van der Waals surface area contributed by atoms with Gasteiger partial charge in [-0.25, -0.2) is 0 Å². The zero-order valence-electron chi connectivity index (χ0n) is 7.99. The van der Waals surface area contributed by atoms with Gasteiger partial charge in [-0.3, -0.25) is 0 Å². The molecule has 0 amide bonds. The van der Waals surface area contributed by atoms with Crippen molar-refractivity contribution < 1.29 is 19.2 Å². The van der Waals surface area contributed by atoms with Gasteiger partial charge in [-0.15, -0.1) is 0 Å². The van der Waals surface area contributed by atoms with E-state index in [9.17, 15) is 0 Å². The first-order chi connectivity index (χ1) is 3.91. The molecule has 0 spiro atoms. The Bertz CT molecular complexity index is 30.6. The van der Waals surface area contributed by atoms with Gasteiger partial charge in [0.1, 0.15) is 0 Å². The van der Waals surface area contributed by atoms with Crippen molar-refractivity contribution in [1.82, 2.24) is 0 Å². The molecule has 0 aromatic carbocycles. The van der Waals surface area contributed by atoms with E-state index in [1.165, 1.54) is 25.7 Å². The van der Waals surface area contributed by atoms with Crippen LogP contribution in [0.2, 0.25) is 0 Å². The molecule has 0 aromatic rings. The van der Waals surface area contributed by atoms with Crippen molar-refractivity contribution >= 4 is 8.41 Å². The molecule has 5 heteroatoms. The molecule has 0 saturated carbocycles. The van der Waals surface area contributed by atoms with Crippen LogP contribution in [0.3, 0.4) is 0 Å². The Morgan fingerprint density at radius 1 is 0.750 bits per heavy atom. The topological polar surface area (TPSA) is 20.2 Å². The molecule has 76 valence electrons. The fourth-order valence-electron chi connectivity index (χ4n) is 0.500. The van der Waals surface area contributed by atoms with E-state index in [1.807, 2.05) is 0 Å². The molecular formula is C7H18BF3O. The number of halogens is 3. The summed E-state index contributed by atoms with van der Waals surface area (Å²) in [4.78, 5) is 0. The standard InChI is InChI=1S/C6H14.CH4O.B.3FH/c1-3-5-6-4-2;1-2;;;;/h3-6H2,1-2H3;2H,1H3;;3*1H/q;;+3;;;/p-3. The molecule has 12 heavy (non-hydrogen) atoms. The van der Waals surface area contributed by atoms with E-state index in [0.29, 0.717) is 0 Å². The third-order valence-corrected chi connectivity index (χ3v) is 0.957. The van der Waals surface area contributed by atoms with Gasteiger partial charge in [0.15, 0.2) is 0 Å². The third-order valence-electron chi connectivity index (χ3n) is 0.957. The predicted molar refractivity (Wildman–Crippen MR) is 43.7 cm³/mol. The summed E-state index contributed by atoms with van der Waals surface area (Å²) in [6, 6.07) is 0. The van der Waals surface area contributed by atoms with Gasteiger partial charge in [0, 0.05) is 7.11 Å². The number of aliphatic hydroxyl groups is 1. The minimum atomic E-state index is 0. The van der Waals surface area contributed by atoms with Crippen LogP contribution in [0.25, 0.3) is 0 Å². The van der Waals surface area contributed by atoms with Crippen molar-refractivity contribution in [3.05, 3.63) is 0 Å². The zero-order valence-corrected chi connectivity index (χ0v) is 7.99. The first-order valence-electron chi connectivity index (χ1n) is 3.36. The summed E-state index contributed by atoms with van der Waals surface area (Å²) in [7, 11) is 1.00. The van der Waals surface area contributed by atoms with Crippen LogP contribution in [-0.4, -0.2) is 20.6 Å². The fraction of sp³-hybridized carbons (Fsp3) is 1.00. The van der Waals surface area contributed by atoms with Gasteiger partial charge in [-0.05, 0) is 0 Å². The molecule has 1 nitrogen and oxygen atoms in total. The summed E-state index contributed by atoms with van der Waals surface area (Å²) in [5.74, 6) is 0. The molecule has 0 saturated heterocycles. The second-order valence-corrected chi connectivity index (χ2v) is 1.71.